The number of hydrogen-bond donors (Lipinski definition) is 1. The Kier molecular flexibility index (Phi) is 6.67. The van der Waals surface area contributed by atoms with Gasteiger partial charge in [-0.25, -0.2) is 0 Å². The molecule has 2 heterocycles. The van der Waals surface area contributed by atoms with Gasteiger partial charge in [-0.05, 0) is 0 Å². The van der Waals surface area contributed by atoms with Gasteiger partial charge < -0.3 is 0 Å². The van der Waals surface area contributed by atoms with Gasteiger partial charge in [0.25, 0.3) is 0 Å². The van der Waals surface area contributed by atoms with Crippen molar-refractivity contribution in [3.05, 3.63) is 51.7 Å². The maximum absolute atomic E-state index is 12.9. The minimum atomic E-state index is -1.67. The van der Waals surface area contributed by atoms with Crippen LogP contribution in [0, 0.1) is 6.92 Å². The van der Waals surface area contributed by atoms with Crippen LogP contribution in [0.2, 0.25) is 0 Å². The third-order valence-corrected chi connectivity index (χ3v) is 11.5. The number of anilines is 1. The Hall–Kier alpha value is -1.71. The van der Waals surface area contributed by atoms with Gasteiger partial charge in [-0.15, -0.1) is 0 Å². The zero-order valence-corrected chi connectivity index (χ0v) is 17.9. The number of hydrogen-bond acceptors (Lipinski definition) is 4. The minimum absolute atomic E-state index is 0.0477. The number of carbonyl (C=O) groups is 2. The third-order valence-electron chi connectivity index (χ3n) is 5.32. The number of amides is 1. The van der Waals surface area contributed by atoms with Crippen LogP contribution in [0.3, 0.4) is 0 Å². The molecule has 0 bridgehead atoms. The number of aryl methyl sites for hydroxylation is 1. The quantitative estimate of drug-likeness (QED) is 0.526. The standard InChI is InChI=1S/C21H28NO3PS/c1-3-25-21(24)20-19(16(2)15-27-20)22-18(23)14-26(11-7-8-12-26)13-17-9-5-4-6-10-17/h4-6,9-10,15,26H,3,7-8,11-14H2,1-2H3,(H,22,23). The topological polar surface area (TPSA) is 55.4 Å². The van der Waals surface area contributed by atoms with Crippen LogP contribution in [0.5, 0.6) is 0 Å². The predicted molar refractivity (Wildman–Crippen MR) is 116 cm³/mol. The molecule has 0 unspecified atom stereocenters. The zero-order valence-electron chi connectivity index (χ0n) is 16.0. The molecule has 1 aromatic heterocycles. The molecule has 1 N–H and O–H groups in total. The molecule has 1 aromatic carbocycles. The predicted octanol–water partition coefficient (Wildman–Crippen LogP) is 4.92. The average molecular weight is 406 g/mol. The SMILES string of the molecule is CCOC(=O)c1scc(C)c1NC(=O)C[PH]1(Cc2ccccc2)CCCC1. The van der Waals surface area contributed by atoms with Crippen molar-refractivity contribution < 1.29 is 14.3 Å². The van der Waals surface area contributed by atoms with Crippen molar-refractivity contribution >= 4 is 36.2 Å². The van der Waals surface area contributed by atoms with Crippen molar-refractivity contribution in [3.8, 4) is 0 Å². The van der Waals surface area contributed by atoms with Gasteiger partial charge in [0.1, 0.15) is 0 Å². The van der Waals surface area contributed by atoms with E-state index in [4.69, 9.17) is 4.74 Å². The van der Waals surface area contributed by atoms with Gasteiger partial charge >= 0.3 is 165 Å². The van der Waals surface area contributed by atoms with Crippen molar-refractivity contribution in [2.75, 3.05) is 30.4 Å². The number of nitrogens with one attached hydrogen (secondary N) is 1. The Balaban J connectivity index is 1.72. The molecule has 27 heavy (non-hydrogen) atoms. The van der Waals surface area contributed by atoms with E-state index < -0.39 is 7.26 Å². The first-order valence-electron chi connectivity index (χ1n) is 9.62. The normalized spacial score (nSPS) is 16.7. The second-order valence-corrected chi connectivity index (χ2v) is 13.0. The molecule has 3 rings (SSSR count). The molecular weight excluding hydrogens is 377 g/mol. The van der Waals surface area contributed by atoms with E-state index in [-0.39, 0.29) is 11.9 Å². The molecule has 1 fully saturated rings. The van der Waals surface area contributed by atoms with Crippen molar-refractivity contribution in [1.82, 2.24) is 0 Å². The van der Waals surface area contributed by atoms with Gasteiger partial charge in [-0.2, -0.15) is 0 Å². The summed E-state index contributed by atoms with van der Waals surface area (Å²) in [6.07, 6.45) is 6.58. The van der Waals surface area contributed by atoms with Crippen molar-refractivity contribution in [3.63, 3.8) is 0 Å². The van der Waals surface area contributed by atoms with Gasteiger partial charge in [-0.1, -0.05) is 0 Å². The molecule has 6 heteroatoms. The first-order valence-corrected chi connectivity index (χ1v) is 13.3. The molecule has 0 aliphatic carbocycles. The Labute approximate surface area is 165 Å². The molecule has 1 amide bonds. The van der Waals surface area contributed by atoms with Crippen LogP contribution in [-0.2, 0) is 15.7 Å². The number of carbonyl (C=O) groups excluding carboxylic acids is 2. The summed E-state index contributed by atoms with van der Waals surface area (Å²) in [5.74, 6) is -0.311. The molecular formula is C21H28NO3PS. The van der Waals surface area contributed by atoms with Gasteiger partial charge in [0.2, 0.25) is 0 Å². The van der Waals surface area contributed by atoms with E-state index in [2.05, 4.69) is 29.6 Å². The summed E-state index contributed by atoms with van der Waals surface area (Å²) in [5, 5.41) is 4.94. The van der Waals surface area contributed by atoms with E-state index in [0.717, 1.165) is 11.7 Å². The van der Waals surface area contributed by atoms with Gasteiger partial charge in [0.15, 0.2) is 0 Å². The van der Waals surface area contributed by atoms with Gasteiger partial charge in [0.05, 0.1) is 0 Å². The molecule has 0 atom stereocenters. The summed E-state index contributed by atoms with van der Waals surface area (Å²) >= 11 is 1.33. The second kappa shape index (κ2) is 8.99. The van der Waals surface area contributed by atoms with Crippen LogP contribution in [0.4, 0.5) is 5.69 Å². The number of rotatable bonds is 7. The fourth-order valence-corrected chi connectivity index (χ4v) is 9.89. The van der Waals surface area contributed by atoms with Crippen molar-refractivity contribution in [2.24, 2.45) is 0 Å². The summed E-state index contributed by atoms with van der Waals surface area (Å²) < 4.78 is 5.12. The Bertz CT molecular complexity index is 797. The summed E-state index contributed by atoms with van der Waals surface area (Å²) in [7, 11) is -1.67. The molecule has 2 aromatic rings. The second-order valence-electron chi connectivity index (χ2n) is 7.44. The van der Waals surface area contributed by atoms with E-state index in [9.17, 15) is 9.59 Å². The Morgan fingerprint density at radius 2 is 1.89 bits per heavy atom. The molecule has 1 saturated heterocycles. The van der Waals surface area contributed by atoms with Crippen LogP contribution in [0.15, 0.2) is 35.7 Å². The Morgan fingerprint density at radius 3 is 2.56 bits per heavy atom. The zero-order chi connectivity index (χ0) is 19.3. The monoisotopic (exact) mass is 405 g/mol. The first kappa shape index (κ1) is 20.0. The molecule has 0 spiro atoms. The summed E-state index contributed by atoms with van der Waals surface area (Å²) in [6.45, 7) is 4.04. The van der Waals surface area contributed by atoms with Crippen LogP contribution < -0.4 is 5.32 Å². The summed E-state index contributed by atoms with van der Waals surface area (Å²) in [6, 6.07) is 10.5. The summed E-state index contributed by atoms with van der Waals surface area (Å²) in [4.78, 5) is 25.6. The van der Waals surface area contributed by atoms with Crippen LogP contribution in [0.25, 0.3) is 0 Å². The molecule has 146 valence electrons. The number of ether oxygens (including phenoxy) is 1. The van der Waals surface area contributed by atoms with Crippen LogP contribution in [0.1, 0.15) is 40.6 Å². The molecule has 4 nitrogen and oxygen atoms in total. The maximum atomic E-state index is 12.9. The number of esters is 1. The Morgan fingerprint density at radius 1 is 1.19 bits per heavy atom. The molecule has 1 aliphatic rings. The molecule has 0 saturated carbocycles. The summed E-state index contributed by atoms with van der Waals surface area (Å²) in [5.41, 5.74) is 2.89. The fourth-order valence-electron chi connectivity index (χ4n) is 4.04. The van der Waals surface area contributed by atoms with E-state index in [1.165, 1.54) is 42.1 Å². The van der Waals surface area contributed by atoms with E-state index in [1.807, 2.05) is 18.4 Å². The fraction of sp³-hybridized carbons (Fsp3) is 0.429. The van der Waals surface area contributed by atoms with E-state index in [0.29, 0.717) is 23.3 Å². The molecule has 0 radical (unpaired) electrons. The van der Waals surface area contributed by atoms with Crippen LogP contribution >= 0.6 is 18.6 Å². The van der Waals surface area contributed by atoms with E-state index >= 15 is 0 Å². The number of benzene rings is 1. The van der Waals surface area contributed by atoms with Crippen LogP contribution in [-0.4, -0.2) is 37.0 Å². The average Bonchev–Trinajstić information content (AvgIpc) is 3.23. The first-order chi connectivity index (χ1) is 13.0. The van der Waals surface area contributed by atoms with Crippen molar-refractivity contribution in [1.29, 1.82) is 0 Å². The molecule has 1 aliphatic heterocycles. The van der Waals surface area contributed by atoms with Gasteiger partial charge in [-0.3, -0.25) is 0 Å². The van der Waals surface area contributed by atoms with Gasteiger partial charge in [0, 0.05) is 0 Å². The third kappa shape index (κ3) is 4.97. The number of thiophene rings is 1. The van der Waals surface area contributed by atoms with Crippen molar-refractivity contribution in [2.45, 2.75) is 32.9 Å². The van der Waals surface area contributed by atoms with E-state index in [1.54, 1.807) is 6.92 Å².